The Balaban J connectivity index is 2.19. The Bertz CT molecular complexity index is 543. The fourth-order valence-electron chi connectivity index (χ4n) is 2.27. The molecule has 1 aromatic carbocycles. The number of phenolic OH excluding ortho intramolecular Hbond substituents is 1. The molecule has 2 N–H and O–H groups in total. The van der Waals surface area contributed by atoms with E-state index in [9.17, 15) is 5.11 Å². The summed E-state index contributed by atoms with van der Waals surface area (Å²) in [4.78, 5) is 0. The van der Waals surface area contributed by atoms with Crippen LogP contribution in [0.4, 0.5) is 0 Å². The summed E-state index contributed by atoms with van der Waals surface area (Å²) < 4.78 is 2.03. The van der Waals surface area contributed by atoms with Crippen LogP contribution < -0.4 is 5.32 Å². The zero-order valence-electron chi connectivity index (χ0n) is 11.8. The van der Waals surface area contributed by atoms with E-state index in [2.05, 4.69) is 24.3 Å². The number of nitrogens with zero attached hydrogens (tertiary/aromatic N) is 2. The highest BCUT2D eigenvalue weighted by Crippen LogP contribution is 2.16. The quantitative estimate of drug-likeness (QED) is 0.863. The van der Waals surface area contributed by atoms with E-state index in [0.717, 1.165) is 30.8 Å². The van der Waals surface area contributed by atoms with Gasteiger partial charge >= 0.3 is 0 Å². The van der Waals surface area contributed by atoms with E-state index in [1.807, 2.05) is 23.9 Å². The Morgan fingerprint density at radius 3 is 2.53 bits per heavy atom. The summed E-state index contributed by atoms with van der Waals surface area (Å²) in [6, 6.07) is 7.28. The van der Waals surface area contributed by atoms with Crippen LogP contribution in [-0.4, -0.2) is 28.5 Å². The Morgan fingerprint density at radius 2 is 1.89 bits per heavy atom. The summed E-state index contributed by atoms with van der Waals surface area (Å²) in [5.41, 5.74) is 4.80. The average molecular weight is 259 g/mol. The lowest BCUT2D eigenvalue weighted by Gasteiger charge is -2.06. The van der Waals surface area contributed by atoms with Gasteiger partial charge in [0.1, 0.15) is 5.75 Å². The van der Waals surface area contributed by atoms with Gasteiger partial charge in [-0.3, -0.25) is 4.68 Å². The molecular weight excluding hydrogens is 238 g/mol. The first-order valence-electron chi connectivity index (χ1n) is 6.57. The van der Waals surface area contributed by atoms with E-state index in [4.69, 9.17) is 0 Å². The molecule has 2 rings (SSSR count). The second-order valence-electron chi connectivity index (χ2n) is 4.83. The summed E-state index contributed by atoms with van der Waals surface area (Å²) in [7, 11) is 1.96. The van der Waals surface area contributed by atoms with Crippen LogP contribution in [0.25, 0.3) is 0 Å². The number of aryl methyl sites for hydroxylation is 1. The maximum Gasteiger partial charge on any atom is 0.115 e. The molecule has 0 bridgehead atoms. The largest absolute Gasteiger partial charge is 0.508 e. The first-order chi connectivity index (χ1) is 9.11. The van der Waals surface area contributed by atoms with E-state index in [0.29, 0.717) is 5.75 Å². The van der Waals surface area contributed by atoms with Crippen LogP contribution in [0.2, 0.25) is 0 Å². The number of phenols is 1. The van der Waals surface area contributed by atoms with E-state index in [-0.39, 0.29) is 0 Å². The van der Waals surface area contributed by atoms with Crippen molar-refractivity contribution >= 4 is 0 Å². The highest BCUT2D eigenvalue weighted by atomic mass is 16.3. The van der Waals surface area contributed by atoms with E-state index >= 15 is 0 Å². The molecule has 0 fully saturated rings. The molecule has 0 aliphatic heterocycles. The maximum atomic E-state index is 9.29. The highest BCUT2D eigenvalue weighted by molar-refractivity contribution is 5.28. The standard InChI is InChI=1S/C15H21N3O/c1-11-15(8-9-16-3)12(2)18(17-11)10-13-4-6-14(19)7-5-13/h4-7,16,19H,8-10H2,1-3H3. The van der Waals surface area contributed by atoms with E-state index in [1.54, 1.807) is 12.1 Å². The molecule has 0 saturated heterocycles. The number of likely N-dealkylation sites (N-methyl/N-ethyl adjacent to an activating group) is 1. The predicted molar refractivity (Wildman–Crippen MR) is 76.5 cm³/mol. The Labute approximate surface area is 114 Å². The minimum Gasteiger partial charge on any atom is -0.508 e. The van der Waals surface area contributed by atoms with Crippen molar-refractivity contribution in [1.82, 2.24) is 15.1 Å². The van der Waals surface area contributed by atoms with Gasteiger partial charge < -0.3 is 10.4 Å². The number of nitrogens with one attached hydrogen (secondary N) is 1. The van der Waals surface area contributed by atoms with Gasteiger partial charge in [0, 0.05) is 5.69 Å². The molecule has 4 heteroatoms. The molecular formula is C15H21N3O. The number of benzene rings is 1. The molecule has 0 saturated carbocycles. The molecule has 0 unspecified atom stereocenters. The molecule has 19 heavy (non-hydrogen) atoms. The number of aromatic hydroxyl groups is 1. The highest BCUT2D eigenvalue weighted by Gasteiger charge is 2.11. The van der Waals surface area contributed by atoms with Gasteiger partial charge in [0.15, 0.2) is 0 Å². The summed E-state index contributed by atoms with van der Waals surface area (Å²) in [5.74, 6) is 0.298. The van der Waals surface area contributed by atoms with Crippen LogP contribution >= 0.6 is 0 Å². The van der Waals surface area contributed by atoms with Crippen LogP contribution in [0.15, 0.2) is 24.3 Å². The van der Waals surface area contributed by atoms with Crippen LogP contribution in [0.1, 0.15) is 22.5 Å². The SMILES string of the molecule is CNCCc1c(C)nn(Cc2ccc(O)cc2)c1C. The summed E-state index contributed by atoms with van der Waals surface area (Å²) in [6.45, 7) is 5.88. The lowest BCUT2D eigenvalue weighted by Crippen LogP contribution is -2.11. The second-order valence-corrected chi connectivity index (χ2v) is 4.83. The molecule has 1 heterocycles. The van der Waals surface area contributed by atoms with Gasteiger partial charge in [0.05, 0.1) is 12.2 Å². The van der Waals surface area contributed by atoms with Gasteiger partial charge in [0.25, 0.3) is 0 Å². The van der Waals surface area contributed by atoms with Gasteiger partial charge in [0.2, 0.25) is 0 Å². The molecule has 0 spiro atoms. The third-order valence-corrected chi connectivity index (χ3v) is 3.43. The van der Waals surface area contributed by atoms with Crippen molar-refractivity contribution in [3.8, 4) is 5.75 Å². The molecule has 0 amide bonds. The second kappa shape index (κ2) is 5.89. The fourth-order valence-corrected chi connectivity index (χ4v) is 2.27. The fraction of sp³-hybridized carbons (Fsp3) is 0.400. The molecule has 0 aliphatic rings. The Morgan fingerprint density at radius 1 is 1.21 bits per heavy atom. The van der Waals surface area contributed by atoms with Gasteiger partial charge in [-0.1, -0.05) is 12.1 Å². The first kappa shape index (κ1) is 13.6. The molecule has 1 aromatic heterocycles. The third-order valence-electron chi connectivity index (χ3n) is 3.43. The Hall–Kier alpha value is -1.81. The smallest absolute Gasteiger partial charge is 0.115 e. The van der Waals surface area contributed by atoms with Crippen LogP contribution in [-0.2, 0) is 13.0 Å². The summed E-state index contributed by atoms with van der Waals surface area (Å²) in [5, 5.41) is 17.1. The molecule has 102 valence electrons. The van der Waals surface area contributed by atoms with Crippen molar-refractivity contribution in [3.05, 3.63) is 46.8 Å². The normalized spacial score (nSPS) is 10.9. The van der Waals surface area contributed by atoms with Crippen molar-refractivity contribution in [2.24, 2.45) is 0 Å². The zero-order valence-corrected chi connectivity index (χ0v) is 11.8. The van der Waals surface area contributed by atoms with E-state index < -0.39 is 0 Å². The van der Waals surface area contributed by atoms with Crippen molar-refractivity contribution in [2.75, 3.05) is 13.6 Å². The number of aromatic nitrogens is 2. The molecule has 0 radical (unpaired) electrons. The summed E-state index contributed by atoms with van der Waals surface area (Å²) >= 11 is 0. The lowest BCUT2D eigenvalue weighted by molar-refractivity contribution is 0.475. The summed E-state index contributed by atoms with van der Waals surface area (Å²) in [6.07, 6.45) is 1.00. The zero-order chi connectivity index (χ0) is 13.8. The van der Waals surface area contributed by atoms with Crippen molar-refractivity contribution in [1.29, 1.82) is 0 Å². The lowest BCUT2D eigenvalue weighted by atomic mass is 10.1. The van der Waals surface area contributed by atoms with Crippen LogP contribution in [0.5, 0.6) is 5.75 Å². The topological polar surface area (TPSA) is 50.1 Å². The van der Waals surface area contributed by atoms with Crippen molar-refractivity contribution in [2.45, 2.75) is 26.8 Å². The van der Waals surface area contributed by atoms with Crippen LogP contribution in [0, 0.1) is 13.8 Å². The Kier molecular flexibility index (Phi) is 4.22. The monoisotopic (exact) mass is 259 g/mol. The van der Waals surface area contributed by atoms with Gasteiger partial charge in [-0.15, -0.1) is 0 Å². The molecule has 2 aromatic rings. The molecule has 0 atom stereocenters. The average Bonchev–Trinajstić information content (AvgIpc) is 2.65. The van der Waals surface area contributed by atoms with Gasteiger partial charge in [-0.25, -0.2) is 0 Å². The van der Waals surface area contributed by atoms with Gasteiger partial charge in [-0.2, -0.15) is 5.10 Å². The number of hydrogen-bond acceptors (Lipinski definition) is 3. The van der Waals surface area contributed by atoms with Crippen LogP contribution in [0.3, 0.4) is 0 Å². The minimum atomic E-state index is 0.298. The molecule has 0 aliphatic carbocycles. The first-order valence-corrected chi connectivity index (χ1v) is 6.57. The minimum absolute atomic E-state index is 0.298. The van der Waals surface area contributed by atoms with Crippen molar-refractivity contribution < 1.29 is 5.11 Å². The third kappa shape index (κ3) is 3.15. The predicted octanol–water partition coefficient (Wildman–Crippen LogP) is 2.02. The van der Waals surface area contributed by atoms with Gasteiger partial charge in [-0.05, 0) is 57.1 Å². The maximum absolute atomic E-state index is 9.29. The number of rotatable bonds is 5. The number of hydrogen-bond donors (Lipinski definition) is 2. The molecule has 4 nitrogen and oxygen atoms in total. The van der Waals surface area contributed by atoms with E-state index in [1.165, 1.54) is 11.3 Å². The van der Waals surface area contributed by atoms with Crippen molar-refractivity contribution in [3.63, 3.8) is 0 Å².